The topological polar surface area (TPSA) is 82.8 Å². The van der Waals surface area contributed by atoms with E-state index in [-0.39, 0.29) is 57.1 Å². The van der Waals surface area contributed by atoms with E-state index in [1.54, 1.807) is 37.4 Å². The van der Waals surface area contributed by atoms with E-state index < -0.39 is 18.0 Å². The maximum absolute atomic E-state index is 12.9. The number of carboxylic acids is 1. The Balaban J connectivity index is 0.00000336. The Morgan fingerprint density at radius 2 is 1.87 bits per heavy atom. The molecule has 1 aromatic carbocycles. The van der Waals surface area contributed by atoms with Gasteiger partial charge in [0.1, 0.15) is 11.4 Å². The Labute approximate surface area is 262 Å². The van der Waals surface area contributed by atoms with Gasteiger partial charge in [-0.05, 0) is 50.1 Å². The Morgan fingerprint density at radius 1 is 1.13 bits per heavy atom. The number of imidazole rings is 1. The molecule has 1 fully saturated rings. The van der Waals surface area contributed by atoms with Gasteiger partial charge < -0.3 is 23.9 Å². The molecule has 10 heteroatoms. The summed E-state index contributed by atoms with van der Waals surface area (Å²) < 4.78 is 32.5. The summed E-state index contributed by atoms with van der Waals surface area (Å²) in [6.45, 7) is 2.01. The number of pyridine rings is 2. The van der Waals surface area contributed by atoms with Crippen LogP contribution in [-0.2, 0) is 11.2 Å². The summed E-state index contributed by atoms with van der Waals surface area (Å²) in [7, 11) is 0. The summed E-state index contributed by atoms with van der Waals surface area (Å²) in [5.74, 6) is -0.840. The van der Waals surface area contributed by atoms with Crippen molar-refractivity contribution in [1.29, 1.82) is 0 Å². The van der Waals surface area contributed by atoms with Crippen LogP contribution < -0.4 is 66.1 Å². The van der Waals surface area contributed by atoms with Gasteiger partial charge in [-0.15, -0.1) is 0 Å². The van der Waals surface area contributed by atoms with Crippen LogP contribution in [0.5, 0.6) is 5.75 Å². The third-order valence-electron chi connectivity index (χ3n) is 7.23. The van der Waals surface area contributed by atoms with Crippen LogP contribution in [-0.4, -0.2) is 40.0 Å². The number of rotatable bonds is 7. The average molecular weight is 545 g/mol. The SMILES string of the molecule is Cc1nc2ccc(-c3ccc(N4CCC(C)(C(=O)[O-])CC4)cn3)cn2c1Cc1ccccc1OC(F)F.[K+]. The van der Waals surface area contributed by atoms with Gasteiger partial charge in [-0.25, -0.2) is 4.98 Å². The molecule has 0 N–H and O–H groups in total. The Bertz CT molecular complexity index is 1430. The molecule has 1 saturated heterocycles. The number of hydrogen-bond donors (Lipinski definition) is 0. The summed E-state index contributed by atoms with van der Waals surface area (Å²) in [4.78, 5) is 22.9. The molecule has 0 radical (unpaired) electrons. The number of piperidine rings is 1. The number of aliphatic carboxylic acids is 1. The van der Waals surface area contributed by atoms with Crippen molar-refractivity contribution in [3.05, 3.63) is 77.9 Å². The van der Waals surface area contributed by atoms with Gasteiger partial charge in [-0.2, -0.15) is 8.78 Å². The number of anilines is 1. The van der Waals surface area contributed by atoms with Crippen molar-refractivity contribution in [3.8, 4) is 17.0 Å². The first-order valence-electron chi connectivity index (χ1n) is 12.2. The molecule has 5 rings (SSSR count). The van der Waals surface area contributed by atoms with Gasteiger partial charge >= 0.3 is 58.0 Å². The van der Waals surface area contributed by atoms with Crippen molar-refractivity contribution < 1.29 is 74.8 Å². The molecule has 0 atom stereocenters. The van der Waals surface area contributed by atoms with Crippen molar-refractivity contribution in [3.63, 3.8) is 0 Å². The molecule has 38 heavy (non-hydrogen) atoms. The normalized spacial score (nSPS) is 14.9. The van der Waals surface area contributed by atoms with Crippen LogP contribution >= 0.6 is 0 Å². The fourth-order valence-electron chi connectivity index (χ4n) is 4.82. The van der Waals surface area contributed by atoms with Gasteiger partial charge in [0.25, 0.3) is 0 Å². The molecule has 7 nitrogen and oxygen atoms in total. The fourth-order valence-corrected chi connectivity index (χ4v) is 4.82. The van der Waals surface area contributed by atoms with E-state index in [1.807, 2.05) is 41.8 Å². The monoisotopic (exact) mass is 544 g/mol. The van der Waals surface area contributed by atoms with E-state index in [9.17, 15) is 18.7 Å². The second kappa shape index (κ2) is 11.8. The first-order valence-corrected chi connectivity index (χ1v) is 12.2. The Hall–Kier alpha value is -2.37. The number of aromatic nitrogens is 3. The van der Waals surface area contributed by atoms with E-state index >= 15 is 0 Å². The van der Waals surface area contributed by atoms with Gasteiger partial charge in [0.15, 0.2) is 0 Å². The van der Waals surface area contributed by atoms with E-state index in [2.05, 4.69) is 14.9 Å². The van der Waals surface area contributed by atoms with Gasteiger partial charge in [0, 0.05) is 53.9 Å². The van der Waals surface area contributed by atoms with E-state index in [4.69, 9.17) is 4.74 Å². The molecule has 1 aliphatic heterocycles. The molecule has 1 aliphatic rings. The number of hydrogen-bond acceptors (Lipinski definition) is 6. The number of carbonyl (C=O) groups excluding carboxylic acids is 1. The zero-order valence-corrected chi connectivity index (χ0v) is 24.8. The van der Waals surface area contributed by atoms with Crippen molar-refractivity contribution in [2.24, 2.45) is 5.41 Å². The number of para-hydroxylation sites is 1. The molecule has 0 unspecified atom stereocenters. The van der Waals surface area contributed by atoms with Crippen molar-refractivity contribution in [2.75, 3.05) is 18.0 Å². The molecular formula is C28H27F2KN4O3. The van der Waals surface area contributed by atoms with Crippen LogP contribution in [0.25, 0.3) is 16.9 Å². The number of halogens is 2. The molecule has 3 aromatic heterocycles. The van der Waals surface area contributed by atoms with E-state index in [1.165, 1.54) is 0 Å². The molecular weight excluding hydrogens is 517 g/mol. The average Bonchev–Trinajstić information content (AvgIpc) is 3.19. The molecule has 0 saturated carbocycles. The maximum Gasteiger partial charge on any atom is 1.00 e. The van der Waals surface area contributed by atoms with Crippen LogP contribution in [0.4, 0.5) is 14.5 Å². The number of carbonyl (C=O) groups is 1. The number of fused-ring (bicyclic) bond motifs is 1. The van der Waals surface area contributed by atoms with Gasteiger partial charge in [0.2, 0.25) is 0 Å². The number of nitrogens with zero attached hydrogens (tertiary/aromatic N) is 4. The minimum atomic E-state index is -2.89. The number of aryl methyl sites for hydroxylation is 1. The molecule has 0 amide bonds. The first kappa shape index (κ1) is 28.6. The summed E-state index contributed by atoms with van der Waals surface area (Å²) in [6, 6.07) is 14.6. The number of alkyl halides is 2. The summed E-state index contributed by atoms with van der Waals surface area (Å²) in [5, 5.41) is 11.4. The van der Waals surface area contributed by atoms with Crippen LogP contribution in [0.15, 0.2) is 60.9 Å². The Kier molecular flexibility index (Phi) is 8.88. The van der Waals surface area contributed by atoms with Crippen LogP contribution in [0.2, 0.25) is 0 Å². The van der Waals surface area contributed by atoms with Crippen LogP contribution in [0.3, 0.4) is 0 Å². The molecule has 4 aromatic rings. The predicted octanol–water partition coefficient (Wildman–Crippen LogP) is 1.26. The smallest absolute Gasteiger partial charge is 0.550 e. The summed E-state index contributed by atoms with van der Waals surface area (Å²) >= 11 is 0. The first-order chi connectivity index (χ1) is 17.7. The minimum Gasteiger partial charge on any atom is -0.550 e. The zero-order valence-electron chi connectivity index (χ0n) is 21.7. The van der Waals surface area contributed by atoms with Gasteiger partial charge in [0.05, 0.1) is 23.3 Å². The predicted molar refractivity (Wildman–Crippen MR) is 134 cm³/mol. The van der Waals surface area contributed by atoms with Crippen LogP contribution in [0.1, 0.15) is 36.7 Å². The number of ether oxygens (including phenoxy) is 1. The summed E-state index contributed by atoms with van der Waals surface area (Å²) in [6.07, 6.45) is 5.20. The molecule has 0 spiro atoms. The molecule has 192 valence electrons. The van der Waals surface area contributed by atoms with Crippen molar-refractivity contribution in [2.45, 2.75) is 39.7 Å². The van der Waals surface area contributed by atoms with Gasteiger partial charge in [-0.3, -0.25) is 4.98 Å². The third-order valence-corrected chi connectivity index (χ3v) is 7.23. The zero-order chi connectivity index (χ0) is 26.2. The summed E-state index contributed by atoms with van der Waals surface area (Å²) in [5.41, 5.74) is 4.91. The molecule has 4 heterocycles. The number of benzene rings is 1. The largest absolute Gasteiger partial charge is 1.00 e. The molecule has 0 bridgehead atoms. The third kappa shape index (κ3) is 5.94. The number of carboxylic acid groups (broad SMARTS) is 1. The van der Waals surface area contributed by atoms with Crippen molar-refractivity contribution >= 4 is 17.3 Å². The second-order valence-corrected chi connectivity index (χ2v) is 9.69. The standard InChI is InChI=1S/C28H28F2N4O3.K/c1-18-23(15-19-5-3-4-6-24(19)37-27(29)30)34-17-20(7-10-25(34)32-18)22-9-8-21(16-31-22)33-13-11-28(2,12-14-33)26(35)36;/h3-10,16-17,27H,11-15H2,1-2H3,(H,35,36);/q;+1/p-1. The molecule has 0 aliphatic carbocycles. The fraction of sp³-hybridized carbons (Fsp3) is 0.321. The van der Waals surface area contributed by atoms with Crippen LogP contribution in [0, 0.1) is 12.3 Å². The quantitative estimate of drug-likeness (QED) is 0.326. The van der Waals surface area contributed by atoms with E-state index in [0.717, 1.165) is 34.0 Å². The van der Waals surface area contributed by atoms with E-state index in [0.29, 0.717) is 37.9 Å². The minimum absolute atomic E-state index is 0. The second-order valence-electron chi connectivity index (χ2n) is 9.69. The Morgan fingerprint density at radius 3 is 2.53 bits per heavy atom. The maximum atomic E-state index is 12.9. The van der Waals surface area contributed by atoms with Gasteiger partial charge in [-0.1, -0.05) is 25.1 Å². The van der Waals surface area contributed by atoms with Crippen molar-refractivity contribution in [1.82, 2.24) is 14.4 Å².